The number of benzene rings is 2. The molecule has 0 atom stereocenters. The van der Waals surface area contributed by atoms with Crippen molar-refractivity contribution in [1.29, 1.82) is 0 Å². The molecule has 7 nitrogen and oxygen atoms in total. The zero-order chi connectivity index (χ0) is 22.2. The second-order valence-electron chi connectivity index (χ2n) is 7.39. The molecule has 0 unspecified atom stereocenters. The molecule has 2 N–H and O–H groups in total. The normalized spacial score (nSPS) is 10.7. The van der Waals surface area contributed by atoms with Crippen LogP contribution in [0.25, 0.3) is 11.0 Å². The molecular weight excluding hydrogens is 392 g/mol. The number of carbonyl (C=O) groups is 2. The third kappa shape index (κ3) is 6.25. The lowest BCUT2D eigenvalue weighted by molar-refractivity contribution is -0.123. The van der Waals surface area contributed by atoms with Crippen LogP contribution in [0, 0.1) is 13.8 Å². The van der Waals surface area contributed by atoms with E-state index in [-0.39, 0.29) is 18.4 Å². The highest BCUT2D eigenvalue weighted by Gasteiger charge is 2.09. The van der Waals surface area contributed by atoms with Crippen molar-refractivity contribution in [3.63, 3.8) is 0 Å². The minimum atomic E-state index is -0.237. The minimum Gasteiger partial charge on any atom is -0.484 e. The average Bonchev–Trinajstić information content (AvgIpc) is 2.77. The van der Waals surface area contributed by atoms with Gasteiger partial charge in [0.25, 0.3) is 11.8 Å². The average molecular weight is 421 g/mol. The number of aromatic nitrogens is 2. The summed E-state index contributed by atoms with van der Waals surface area (Å²) in [6.07, 6.45) is 2.12. The Labute approximate surface area is 182 Å². The van der Waals surface area contributed by atoms with Crippen LogP contribution in [0.4, 0.5) is 0 Å². The van der Waals surface area contributed by atoms with Crippen LogP contribution in [0.5, 0.6) is 5.75 Å². The molecule has 0 spiro atoms. The lowest BCUT2D eigenvalue weighted by Crippen LogP contribution is -2.36. The van der Waals surface area contributed by atoms with Gasteiger partial charge in [-0.3, -0.25) is 9.59 Å². The summed E-state index contributed by atoms with van der Waals surface area (Å²) in [5, 5.41) is 5.53. The summed E-state index contributed by atoms with van der Waals surface area (Å²) in [7, 11) is 0. The molecule has 0 aliphatic heterocycles. The maximum absolute atomic E-state index is 12.4. The maximum Gasteiger partial charge on any atom is 0.258 e. The molecule has 3 rings (SSSR count). The zero-order valence-corrected chi connectivity index (χ0v) is 18.2. The van der Waals surface area contributed by atoms with Crippen LogP contribution in [-0.2, 0) is 11.2 Å². The number of fused-ring (bicyclic) bond motifs is 1. The van der Waals surface area contributed by atoms with Gasteiger partial charge in [0.1, 0.15) is 5.75 Å². The van der Waals surface area contributed by atoms with Crippen LogP contribution in [0.2, 0.25) is 0 Å². The highest BCUT2D eigenvalue weighted by atomic mass is 16.5. The lowest BCUT2D eigenvalue weighted by atomic mass is 10.1. The van der Waals surface area contributed by atoms with Crippen LogP contribution < -0.4 is 15.4 Å². The third-order valence-electron chi connectivity index (χ3n) is 4.90. The lowest BCUT2D eigenvalue weighted by Gasteiger charge is -2.09. The number of carbonyl (C=O) groups excluding carboxylic acids is 2. The Morgan fingerprint density at radius 3 is 2.29 bits per heavy atom. The number of ether oxygens (including phenoxy) is 1. The van der Waals surface area contributed by atoms with E-state index in [0.29, 0.717) is 29.9 Å². The SMILES string of the molecule is CCCc1ccc(OCC(=O)NCCNC(=O)c2ccc3nc(C)c(C)nc3c2)cc1. The van der Waals surface area contributed by atoms with Crippen molar-refractivity contribution in [3.8, 4) is 5.75 Å². The van der Waals surface area contributed by atoms with Crippen LogP contribution in [-0.4, -0.2) is 41.5 Å². The molecule has 3 aromatic rings. The Bertz CT molecular complexity index is 1060. The molecule has 162 valence electrons. The Kier molecular flexibility index (Phi) is 7.54. The predicted molar refractivity (Wildman–Crippen MR) is 120 cm³/mol. The Balaban J connectivity index is 1.40. The van der Waals surface area contributed by atoms with Gasteiger partial charge in [0.05, 0.1) is 22.4 Å². The molecule has 0 aliphatic rings. The Hall–Kier alpha value is -3.48. The standard InChI is InChI=1S/C24H28N4O3/c1-4-5-18-6-9-20(10-7-18)31-15-23(29)25-12-13-26-24(30)19-8-11-21-22(14-19)28-17(3)16(2)27-21/h6-11,14H,4-5,12-13,15H2,1-3H3,(H,25,29)(H,26,30). The summed E-state index contributed by atoms with van der Waals surface area (Å²) >= 11 is 0. The fourth-order valence-corrected chi connectivity index (χ4v) is 3.09. The van der Waals surface area contributed by atoms with Crippen LogP contribution in [0.15, 0.2) is 42.5 Å². The minimum absolute atomic E-state index is 0.0663. The topological polar surface area (TPSA) is 93.2 Å². The smallest absolute Gasteiger partial charge is 0.258 e. The number of hydrogen-bond acceptors (Lipinski definition) is 5. The first kappa shape index (κ1) is 22.2. The van der Waals surface area contributed by atoms with Gasteiger partial charge in [0.15, 0.2) is 6.61 Å². The van der Waals surface area contributed by atoms with E-state index < -0.39 is 0 Å². The molecule has 0 saturated carbocycles. The molecular formula is C24H28N4O3. The van der Waals surface area contributed by atoms with Gasteiger partial charge in [0.2, 0.25) is 0 Å². The first-order valence-corrected chi connectivity index (χ1v) is 10.5. The molecule has 0 aliphatic carbocycles. The van der Waals surface area contributed by atoms with Gasteiger partial charge in [-0.1, -0.05) is 25.5 Å². The van der Waals surface area contributed by atoms with Crippen molar-refractivity contribution in [3.05, 3.63) is 65.0 Å². The highest BCUT2D eigenvalue weighted by Crippen LogP contribution is 2.15. The summed E-state index contributed by atoms with van der Waals surface area (Å²) in [4.78, 5) is 33.3. The summed E-state index contributed by atoms with van der Waals surface area (Å²) in [5.74, 6) is 0.200. The van der Waals surface area contributed by atoms with Gasteiger partial charge in [-0.2, -0.15) is 0 Å². The molecule has 2 amide bonds. The molecule has 7 heteroatoms. The van der Waals surface area contributed by atoms with Gasteiger partial charge in [-0.05, 0) is 56.2 Å². The monoisotopic (exact) mass is 420 g/mol. The summed E-state index contributed by atoms with van der Waals surface area (Å²) in [5.41, 5.74) is 4.91. The van der Waals surface area contributed by atoms with E-state index in [1.807, 2.05) is 38.1 Å². The molecule has 1 aromatic heterocycles. The Morgan fingerprint density at radius 1 is 0.903 bits per heavy atom. The second-order valence-corrected chi connectivity index (χ2v) is 7.39. The van der Waals surface area contributed by atoms with E-state index in [1.54, 1.807) is 18.2 Å². The number of hydrogen-bond donors (Lipinski definition) is 2. The largest absolute Gasteiger partial charge is 0.484 e. The van der Waals surface area contributed by atoms with Crippen molar-refractivity contribution >= 4 is 22.8 Å². The van der Waals surface area contributed by atoms with E-state index in [0.717, 1.165) is 29.7 Å². The van der Waals surface area contributed by atoms with E-state index in [9.17, 15) is 9.59 Å². The van der Waals surface area contributed by atoms with Crippen molar-refractivity contribution in [2.24, 2.45) is 0 Å². The van der Waals surface area contributed by atoms with Crippen molar-refractivity contribution < 1.29 is 14.3 Å². The van der Waals surface area contributed by atoms with E-state index in [4.69, 9.17) is 4.74 Å². The molecule has 0 bridgehead atoms. The summed E-state index contributed by atoms with van der Waals surface area (Å²) in [6.45, 7) is 6.49. The molecule has 0 fully saturated rings. The van der Waals surface area contributed by atoms with Gasteiger partial charge < -0.3 is 15.4 Å². The van der Waals surface area contributed by atoms with Gasteiger partial charge in [0, 0.05) is 18.7 Å². The molecule has 0 saturated heterocycles. The van der Waals surface area contributed by atoms with Crippen molar-refractivity contribution in [2.45, 2.75) is 33.6 Å². The zero-order valence-electron chi connectivity index (χ0n) is 18.2. The fourth-order valence-electron chi connectivity index (χ4n) is 3.09. The van der Waals surface area contributed by atoms with Crippen LogP contribution in [0.3, 0.4) is 0 Å². The van der Waals surface area contributed by atoms with Crippen molar-refractivity contribution in [2.75, 3.05) is 19.7 Å². The van der Waals surface area contributed by atoms with E-state index in [2.05, 4.69) is 27.5 Å². The number of nitrogens with zero attached hydrogens (tertiary/aromatic N) is 2. The Morgan fingerprint density at radius 2 is 1.58 bits per heavy atom. The number of nitrogens with one attached hydrogen (secondary N) is 2. The first-order valence-electron chi connectivity index (χ1n) is 10.5. The number of rotatable bonds is 9. The van der Waals surface area contributed by atoms with Gasteiger partial charge in [-0.15, -0.1) is 0 Å². The third-order valence-corrected chi connectivity index (χ3v) is 4.90. The number of aryl methyl sites for hydroxylation is 3. The van der Waals surface area contributed by atoms with Gasteiger partial charge >= 0.3 is 0 Å². The number of amides is 2. The molecule has 31 heavy (non-hydrogen) atoms. The summed E-state index contributed by atoms with van der Waals surface area (Å²) < 4.78 is 5.50. The second kappa shape index (κ2) is 10.5. The summed E-state index contributed by atoms with van der Waals surface area (Å²) in [6, 6.07) is 13.0. The van der Waals surface area contributed by atoms with Crippen LogP contribution >= 0.6 is 0 Å². The van der Waals surface area contributed by atoms with Gasteiger partial charge in [-0.25, -0.2) is 9.97 Å². The molecule has 2 aromatic carbocycles. The predicted octanol–water partition coefficient (Wildman–Crippen LogP) is 3.12. The van der Waals surface area contributed by atoms with Crippen LogP contribution in [0.1, 0.15) is 40.7 Å². The highest BCUT2D eigenvalue weighted by molar-refractivity contribution is 5.97. The fraction of sp³-hybridized carbons (Fsp3) is 0.333. The van der Waals surface area contributed by atoms with Crippen molar-refractivity contribution in [1.82, 2.24) is 20.6 Å². The quantitative estimate of drug-likeness (QED) is 0.519. The molecule has 1 heterocycles. The van der Waals surface area contributed by atoms with E-state index >= 15 is 0 Å². The van der Waals surface area contributed by atoms with E-state index in [1.165, 1.54) is 5.56 Å². The molecule has 0 radical (unpaired) electrons. The first-order chi connectivity index (χ1) is 15.0. The maximum atomic E-state index is 12.4.